The highest BCUT2D eigenvalue weighted by Crippen LogP contribution is 2.24. The standard InChI is InChI=1S/C76H94N30O15.ClH/c1-42(107)82-43-26-51(99(6)32-43)69(114)85-46-30-53(101(8)35-46)71(116)86-47-31-54(102(9)36-47)72(117)94-57-40-104(11)64(92-57)74(119)81-24-19-62(111)88-55-38-103(10)63(90-55)73(118)78-20-14-16-60(109)83-44-27-52(100(7)33-44)70(115)84-45-28-49(97(4)34-45)68(113)80-23-18-61(110)89-56-39-105(12)66(91-56)76(121)95-58-41-106(13)65(93-58)75(120)87-48-29-50(98(5)37-48)67(112)79-22-17-59(108)77-21-15-25-96(2)3;/h26-41H,14-25H2,1-13H3,(H,77,108)(H,78,118)(H,79,112)(H,80,113)(H,81,119)(H,82,107)(H,83,109)(H,84,115)(H,85,114)(H,86,116)(H,87,120)(H,88,111)(H,89,110)(H,94,117)(H,95,121);1H. The van der Waals surface area contributed by atoms with E-state index < -0.39 is 76.8 Å². The van der Waals surface area contributed by atoms with Gasteiger partial charge in [-0.3, -0.25) is 71.9 Å². The number of anilines is 10. The van der Waals surface area contributed by atoms with Crippen LogP contribution in [-0.2, 0) is 94.4 Å². The van der Waals surface area contributed by atoms with E-state index in [0.717, 1.165) is 13.0 Å². The molecule has 15 amide bonds. The lowest BCUT2D eigenvalue weighted by molar-refractivity contribution is -0.121. The topological polar surface area (TPSA) is 541 Å². The predicted molar refractivity (Wildman–Crippen MR) is 449 cm³/mol. The van der Waals surface area contributed by atoms with Crippen LogP contribution >= 0.6 is 12.4 Å². The lowest BCUT2D eigenvalue weighted by Gasteiger charge is -2.10. The molecule has 10 aromatic rings. The summed E-state index contributed by atoms with van der Waals surface area (Å²) in [5, 5.41) is 40.2. The van der Waals surface area contributed by atoms with Crippen LogP contribution in [0.25, 0.3) is 0 Å². The number of nitrogens with one attached hydrogen (secondary N) is 15. The fourth-order valence-electron chi connectivity index (χ4n) is 12.4. The van der Waals surface area contributed by atoms with E-state index in [9.17, 15) is 71.9 Å². The Bertz CT molecular complexity index is 5690. The molecule has 0 radical (unpaired) electrons. The number of aromatic nitrogens is 14. The molecule has 0 aromatic carbocycles. The molecule has 10 heterocycles. The van der Waals surface area contributed by atoms with Gasteiger partial charge in [-0.25, -0.2) is 19.9 Å². The van der Waals surface area contributed by atoms with E-state index in [1.165, 1.54) is 148 Å². The number of nitrogens with zero attached hydrogens (tertiary/aromatic N) is 15. The largest absolute Gasteiger partial charge is 0.356 e. The molecule has 646 valence electrons. The second kappa shape index (κ2) is 40.3. The van der Waals surface area contributed by atoms with Gasteiger partial charge >= 0.3 is 0 Å². The number of hydrogen-bond acceptors (Lipinski definition) is 20. The zero-order chi connectivity index (χ0) is 87.8. The van der Waals surface area contributed by atoms with Gasteiger partial charge in [0, 0.05) is 198 Å². The van der Waals surface area contributed by atoms with Crippen LogP contribution in [0, 0.1) is 0 Å². The zero-order valence-corrected chi connectivity index (χ0v) is 69.8. The van der Waals surface area contributed by atoms with Gasteiger partial charge in [0.05, 0.1) is 34.1 Å². The van der Waals surface area contributed by atoms with Crippen molar-refractivity contribution in [1.82, 2.24) is 97.1 Å². The maximum atomic E-state index is 13.5. The van der Waals surface area contributed by atoms with Crippen molar-refractivity contribution in [2.45, 2.75) is 45.4 Å². The Kier molecular flexibility index (Phi) is 30.0. The Morgan fingerprint density at radius 3 is 0.893 bits per heavy atom. The molecule has 15 N–H and O–H groups in total. The quantitative estimate of drug-likeness (QED) is 0.0249. The third kappa shape index (κ3) is 24.0. The molecule has 0 bridgehead atoms. The predicted octanol–water partition coefficient (Wildman–Crippen LogP) is 2.40. The minimum Gasteiger partial charge on any atom is -0.356 e. The second-order valence-corrected chi connectivity index (χ2v) is 28.5. The molecule has 46 heteroatoms. The summed E-state index contributed by atoms with van der Waals surface area (Å²) in [7, 11) is 19.7. The van der Waals surface area contributed by atoms with Gasteiger partial charge in [0.1, 0.15) is 34.2 Å². The van der Waals surface area contributed by atoms with Crippen LogP contribution in [0.5, 0.6) is 0 Å². The molecule has 0 saturated carbocycles. The van der Waals surface area contributed by atoms with E-state index in [4.69, 9.17) is 0 Å². The first-order valence-corrected chi connectivity index (χ1v) is 37.6. The third-order valence-electron chi connectivity index (χ3n) is 18.3. The molecule has 10 aromatic heterocycles. The van der Waals surface area contributed by atoms with Gasteiger partial charge < -0.3 is 130 Å². The van der Waals surface area contributed by atoms with Crippen LogP contribution in [0.15, 0.2) is 98.4 Å². The van der Waals surface area contributed by atoms with E-state index in [-0.39, 0.29) is 175 Å². The van der Waals surface area contributed by atoms with Crippen LogP contribution in [0.4, 0.5) is 57.4 Å². The van der Waals surface area contributed by atoms with Crippen LogP contribution in [0.3, 0.4) is 0 Å². The van der Waals surface area contributed by atoms with Crippen molar-refractivity contribution in [2.24, 2.45) is 70.5 Å². The molecule has 122 heavy (non-hydrogen) atoms. The summed E-state index contributed by atoms with van der Waals surface area (Å²) in [5.41, 5.74) is 3.03. The number of aryl methyl sites for hydroxylation is 10. The Hall–Kier alpha value is -15.2. The van der Waals surface area contributed by atoms with E-state index in [1.54, 1.807) is 73.3 Å². The third-order valence-corrected chi connectivity index (χ3v) is 18.3. The maximum Gasteiger partial charge on any atom is 0.292 e. The lowest BCUT2D eigenvalue weighted by Crippen LogP contribution is -2.32. The average Bonchev–Trinajstić information content (AvgIpc) is 1.67. The molecule has 0 fully saturated rings. The van der Waals surface area contributed by atoms with Gasteiger partial charge in [-0.05, 0) is 69.9 Å². The first-order valence-electron chi connectivity index (χ1n) is 37.6. The van der Waals surface area contributed by atoms with Crippen LogP contribution in [0.2, 0.25) is 0 Å². The Balaban J connectivity index is 0.0000169. The summed E-state index contributed by atoms with van der Waals surface area (Å²) in [6.45, 7) is 2.63. The zero-order valence-electron chi connectivity index (χ0n) is 69.0. The molecule has 0 atom stereocenters. The maximum absolute atomic E-state index is 13.5. The molecule has 0 unspecified atom stereocenters. The molecule has 45 nitrogen and oxygen atoms in total. The fourth-order valence-corrected chi connectivity index (χ4v) is 12.4. The van der Waals surface area contributed by atoms with Crippen molar-refractivity contribution < 1.29 is 71.9 Å². The number of halogens is 1. The minimum atomic E-state index is -0.716. The van der Waals surface area contributed by atoms with Gasteiger partial charge in [-0.2, -0.15) is 0 Å². The summed E-state index contributed by atoms with van der Waals surface area (Å²) in [4.78, 5) is 214. The Morgan fingerprint density at radius 2 is 0.533 bits per heavy atom. The van der Waals surface area contributed by atoms with E-state index >= 15 is 0 Å². The summed E-state index contributed by atoms with van der Waals surface area (Å²) >= 11 is 0. The van der Waals surface area contributed by atoms with Gasteiger partial charge in [-0.15, -0.1) is 12.4 Å². The van der Waals surface area contributed by atoms with Gasteiger partial charge in [0.2, 0.25) is 52.8 Å². The number of imidazole rings is 4. The first-order chi connectivity index (χ1) is 57.4. The van der Waals surface area contributed by atoms with Crippen molar-refractivity contribution in [1.29, 1.82) is 0 Å². The number of rotatable bonds is 37. The number of carbonyl (C=O) groups excluding carboxylic acids is 15. The molecule has 0 saturated heterocycles. The first kappa shape index (κ1) is 90.7. The van der Waals surface area contributed by atoms with Crippen molar-refractivity contribution in [3.05, 3.63) is 156 Å². The fraction of sp³-hybridized carbons (Fsp3) is 0.329. The smallest absolute Gasteiger partial charge is 0.292 e. The molecule has 10 rings (SSSR count). The number of amides is 15. The minimum absolute atomic E-state index is 0. The van der Waals surface area contributed by atoms with Crippen molar-refractivity contribution >= 4 is 158 Å². The Labute approximate surface area is 702 Å². The van der Waals surface area contributed by atoms with Crippen molar-refractivity contribution in [2.75, 3.05) is 107 Å². The van der Waals surface area contributed by atoms with Gasteiger partial charge in [-0.1, -0.05) is 0 Å². The molecular formula is C76H95ClN30O15. The summed E-state index contributed by atoms with van der Waals surface area (Å²) in [5.74, 6) is -8.00. The summed E-state index contributed by atoms with van der Waals surface area (Å²) in [6, 6.07) is 8.80. The average molecular weight is 1700 g/mol. The lowest BCUT2D eigenvalue weighted by atomic mass is 10.3. The summed E-state index contributed by atoms with van der Waals surface area (Å²) < 4.78 is 14.5. The molecule has 0 spiro atoms. The molecular weight excluding hydrogens is 1610 g/mol. The highest BCUT2D eigenvalue weighted by atomic mass is 35.5. The van der Waals surface area contributed by atoms with Crippen LogP contribution < -0.4 is 79.8 Å². The Morgan fingerprint density at radius 1 is 0.270 bits per heavy atom. The number of hydrogen-bond donors (Lipinski definition) is 15. The van der Waals surface area contributed by atoms with Crippen molar-refractivity contribution in [3.63, 3.8) is 0 Å². The SMILES string of the molecule is CC(=O)Nc1cc(C(=O)Nc2cc(C(=O)Nc3cc(C(=O)Nc4cn(C)c(C(=O)NCCC(=O)Nc5cn(C)c(C(=O)NCCCC(=O)Nc6cc(C(=O)Nc7cc(C(=O)NCCC(=O)Nc8cn(C)c(C(=O)Nc9cn(C)c(C(=O)Nc%10cc(C(=O)NCCC(=O)NCCCN(C)C)n(C)c%10)n9)n8)n(C)c7)n(C)c6)n5)n4)n(C)c3)n(C)c2)n(C)c1.Cl. The van der Waals surface area contributed by atoms with E-state index in [2.05, 4.69) is 99.7 Å². The number of carbonyl (C=O) groups is 15. The molecule has 0 aliphatic carbocycles. The van der Waals surface area contributed by atoms with Gasteiger partial charge in [0.25, 0.3) is 59.1 Å². The molecule has 0 aliphatic rings. The monoisotopic (exact) mass is 1700 g/mol. The van der Waals surface area contributed by atoms with Crippen LogP contribution in [-0.4, -0.2) is 212 Å². The van der Waals surface area contributed by atoms with E-state index in [0.29, 0.717) is 29.3 Å². The van der Waals surface area contributed by atoms with E-state index in [1.807, 2.05) is 19.0 Å². The van der Waals surface area contributed by atoms with Crippen molar-refractivity contribution in [3.8, 4) is 0 Å². The normalized spacial score (nSPS) is 10.9. The van der Waals surface area contributed by atoms with Crippen LogP contribution in [0.1, 0.15) is 151 Å². The molecule has 0 aliphatic heterocycles. The summed E-state index contributed by atoms with van der Waals surface area (Å²) in [6.07, 6.45) is 15.6. The second-order valence-electron chi connectivity index (χ2n) is 28.5. The highest BCUT2D eigenvalue weighted by Gasteiger charge is 2.27. The van der Waals surface area contributed by atoms with Gasteiger partial charge in [0.15, 0.2) is 23.3 Å². The highest BCUT2D eigenvalue weighted by molar-refractivity contribution is 6.10.